The van der Waals surface area contributed by atoms with E-state index in [0.29, 0.717) is 29.8 Å². The summed E-state index contributed by atoms with van der Waals surface area (Å²) in [5.74, 6) is 0.723. The Labute approximate surface area is 145 Å². The van der Waals surface area contributed by atoms with E-state index < -0.39 is 6.10 Å². The second-order valence-corrected chi connectivity index (χ2v) is 5.85. The van der Waals surface area contributed by atoms with Gasteiger partial charge in [0, 0.05) is 24.6 Å². The number of aldehydes is 1. The molecule has 0 aliphatic carbocycles. The highest BCUT2D eigenvalue weighted by atomic mass is 16.3. The van der Waals surface area contributed by atoms with E-state index in [4.69, 9.17) is 0 Å². The fraction of sp³-hybridized carbons (Fsp3) is 0.211. The van der Waals surface area contributed by atoms with Crippen LogP contribution >= 0.6 is 0 Å². The summed E-state index contributed by atoms with van der Waals surface area (Å²) < 4.78 is 1.66. The maximum absolute atomic E-state index is 10.6. The summed E-state index contributed by atoms with van der Waals surface area (Å²) in [6, 6.07) is 12.5. The number of aliphatic hydroxyl groups excluding tert-OH is 1. The predicted molar refractivity (Wildman–Crippen MR) is 93.6 cm³/mol. The van der Waals surface area contributed by atoms with Crippen molar-refractivity contribution >= 4 is 6.29 Å². The minimum atomic E-state index is -0.773. The van der Waals surface area contributed by atoms with Crippen LogP contribution in [0.2, 0.25) is 0 Å². The van der Waals surface area contributed by atoms with E-state index >= 15 is 0 Å². The highest BCUT2D eigenvalue weighted by Gasteiger charge is 2.17. The van der Waals surface area contributed by atoms with Gasteiger partial charge in [-0.15, -0.1) is 0 Å². The van der Waals surface area contributed by atoms with Crippen molar-refractivity contribution < 1.29 is 15.0 Å². The van der Waals surface area contributed by atoms with Crippen molar-refractivity contribution in [3.63, 3.8) is 0 Å². The normalized spacial score (nSPS) is 12.1. The lowest BCUT2D eigenvalue weighted by molar-refractivity contribution is -0.109. The Balaban J connectivity index is 2.10. The summed E-state index contributed by atoms with van der Waals surface area (Å²) >= 11 is 0. The van der Waals surface area contributed by atoms with Crippen molar-refractivity contribution in [2.45, 2.75) is 25.9 Å². The molecule has 0 saturated heterocycles. The number of phenols is 1. The van der Waals surface area contributed by atoms with Crippen LogP contribution in [0.25, 0.3) is 17.1 Å². The molecule has 0 aliphatic heterocycles. The van der Waals surface area contributed by atoms with Crippen molar-refractivity contribution in [1.82, 2.24) is 14.8 Å². The molecule has 0 radical (unpaired) electrons. The highest BCUT2D eigenvalue weighted by molar-refractivity contribution is 5.69. The number of phenolic OH excluding ortho intramolecular Hbond substituents is 1. The number of aryl methyl sites for hydroxylation is 1. The summed E-state index contributed by atoms with van der Waals surface area (Å²) in [6.07, 6.45) is 1.94. The Bertz CT molecular complexity index is 889. The van der Waals surface area contributed by atoms with Crippen molar-refractivity contribution in [3.05, 3.63) is 59.9 Å². The van der Waals surface area contributed by atoms with Crippen LogP contribution in [0.15, 0.2) is 48.7 Å². The first-order valence-corrected chi connectivity index (χ1v) is 8.01. The van der Waals surface area contributed by atoms with E-state index in [0.717, 1.165) is 11.3 Å². The zero-order chi connectivity index (χ0) is 17.8. The van der Waals surface area contributed by atoms with Crippen molar-refractivity contribution in [2.24, 2.45) is 0 Å². The molecule has 2 aromatic heterocycles. The zero-order valence-electron chi connectivity index (χ0n) is 13.8. The fourth-order valence-corrected chi connectivity index (χ4v) is 2.77. The lowest BCUT2D eigenvalue weighted by Gasteiger charge is -2.14. The Morgan fingerprint density at radius 3 is 2.80 bits per heavy atom. The van der Waals surface area contributed by atoms with E-state index in [1.54, 1.807) is 29.1 Å². The molecule has 3 rings (SSSR count). The third-order valence-corrected chi connectivity index (χ3v) is 3.90. The molecule has 25 heavy (non-hydrogen) atoms. The number of hydrogen-bond donors (Lipinski definition) is 2. The average Bonchev–Trinajstić information content (AvgIpc) is 2.97. The molecule has 3 aromatic rings. The minimum Gasteiger partial charge on any atom is -0.507 e. The first-order chi connectivity index (χ1) is 12.1. The molecule has 2 N–H and O–H groups in total. The number of aliphatic hydroxyl groups is 1. The van der Waals surface area contributed by atoms with Crippen LogP contribution in [0.5, 0.6) is 5.75 Å². The number of benzene rings is 1. The summed E-state index contributed by atoms with van der Waals surface area (Å²) in [5.41, 5.74) is 2.91. The molecule has 0 spiro atoms. The number of rotatable bonds is 6. The number of carbonyl (C=O) groups excluding carboxylic acids is 1. The van der Waals surface area contributed by atoms with Crippen molar-refractivity contribution in [2.75, 3.05) is 0 Å². The lowest BCUT2D eigenvalue weighted by atomic mass is 10.1. The van der Waals surface area contributed by atoms with E-state index in [1.165, 1.54) is 0 Å². The summed E-state index contributed by atoms with van der Waals surface area (Å²) in [5, 5.41) is 24.7. The number of nitrogens with zero attached hydrogens (tertiary/aromatic N) is 3. The molecule has 0 fully saturated rings. The van der Waals surface area contributed by atoms with E-state index in [9.17, 15) is 15.0 Å². The largest absolute Gasteiger partial charge is 0.507 e. The van der Waals surface area contributed by atoms with Crippen LogP contribution in [0.1, 0.15) is 17.7 Å². The summed E-state index contributed by atoms with van der Waals surface area (Å²) in [4.78, 5) is 15.0. The van der Waals surface area contributed by atoms with Crippen molar-refractivity contribution in [1.29, 1.82) is 0 Å². The second kappa shape index (κ2) is 7.27. The smallest absolute Gasteiger partial charge is 0.157 e. The van der Waals surface area contributed by atoms with Gasteiger partial charge < -0.3 is 15.0 Å². The second-order valence-electron chi connectivity index (χ2n) is 5.85. The standard InChI is InChI=1S/C19H19N3O3/c1-13-11-17(16-6-2-3-7-18(16)25)22(21-13)19-14(5-4-9-20-19)12-15(24)8-10-23/h2-7,9-11,15,24-25H,8,12H2,1H3. The van der Waals surface area contributed by atoms with Gasteiger partial charge in [-0.1, -0.05) is 18.2 Å². The molecule has 0 saturated carbocycles. The van der Waals surface area contributed by atoms with Gasteiger partial charge in [0.1, 0.15) is 12.0 Å². The quantitative estimate of drug-likeness (QED) is 0.675. The Morgan fingerprint density at radius 2 is 2.04 bits per heavy atom. The third-order valence-electron chi connectivity index (χ3n) is 3.90. The van der Waals surface area contributed by atoms with E-state index in [-0.39, 0.29) is 12.2 Å². The lowest BCUT2D eigenvalue weighted by Crippen LogP contribution is -2.14. The topological polar surface area (TPSA) is 88.2 Å². The predicted octanol–water partition coefficient (Wildman–Crippen LogP) is 2.44. The van der Waals surface area contributed by atoms with Crippen LogP contribution in [0, 0.1) is 6.92 Å². The minimum absolute atomic E-state index is 0.0683. The van der Waals surface area contributed by atoms with Gasteiger partial charge in [-0.05, 0) is 36.8 Å². The van der Waals surface area contributed by atoms with E-state index in [2.05, 4.69) is 10.1 Å². The Hall–Kier alpha value is -2.99. The van der Waals surface area contributed by atoms with E-state index in [1.807, 2.05) is 31.2 Å². The molecule has 0 amide bonds. The molecular weight excluding hydrogens is 318 g/mol. The monoisotopic (exact) mass is 337 g/mol. The number of pyridine rings is 1. The summed E-state index contributed by atoms with van der Waals surface area (Å²) in [6.45, 7) is 1.86. The molecular formula is C19H19N3O3. The van der Waals surface area contributed by atoms with Gasteiger partial charge >= 0.3 is 0 Å². The van der Waals surface area contributed by atoms with Crippen LogP contribution in [0.3, 0.4) is 0 Å². The molecule has 0 aliphatic rings. The third kappa shape index (κ3) is 3.59. The van der Waals surface area contributed by atoms with Gasteiger partial charge in [-0.3, -0.25) is 0 Å². The number of para-hydroxylation sites is 1. The molecule has 2 heterocycles. The Kier molecular flexibility index (Phi) is 4.90. The molecule has 1 unspecified atom stereocenters. The van der Waals surface area contributed by atoms with Gasteiger partial charge in [0.2, 0.25) is 0 Å². The van der Waals surface area contributed by atoms with Crippen molar-refractivity contribution in [3.8, 4) is 22.8 Å². The fourth-order valence-electron chi connectivity index (χ4n) is 2.77. The highest BCUT2D eigenvalue weighted by Crippen LogP contribution is 2.31. The van der Waals surface area contributed by atoms with Gasteiger partial charge in [0.15, 0.2) is 5.82 Å². The first-order valence-electron chi connectivity index (χ1n) is 8.01. The molecule has 128 valence electrons. The van der Waals surface area contributed by atoms with Crippen LogP contribution in [-0.2, 0) is 11.2 Å². The molecule has 6 nitrogen and oxygen atoms in total. The number of hydrogen-bond acceptors (Lipinski definition) is 5. The number of aromatic hydroxyl groups is 1. The molecule has 1 atom stereocenters. The maximum Gasteiger partial charge on any atom is 0.157 e. The van der Waals surface area contributed by atoms with Crippen LogP contribution < -0.4 is 0 Å². The van der Waals surface area contributed by atoms with Crippen LogP contribution in [-0.4, -0.2) is 37.4 Å². The van der Waals surface area contributed by atoms with Crippen LogP contribution in [0.4, 0.5) is 0 Å². The van der Waals surface area contributed by atoms with Gasteiger partial charge in [0.05, 0.1) is 17.5 Å². The first kappa shape index (κ1) is 16.9. The number of aromatic nitrogens is 3. The molecule has 1 aromatic carbocycles. The van der Waals surface area contributed by atoms with Gasteiger partial charge in [-0.25, -0.2) is 9.67 Å². The summed E-state index contributed by atoms with van der Waals surface area (Å²) in [7, 11) is 0. The van der Waals surface area contributed by atoms with Gasteiger partial charge in [0.25, 0.3) is 0 Å². The zero-order valence-corrected chi connectivity index (χ0v) is 13.8. The van der Waals surface area contributed by atoms with Gasteiger partial charge in [-0.2, -0.15) is 5.10 Å². The SMILES string of the molecule is Cc1cc(-c2ccccc2O)n(-c2ncccc2CC(O)CC=O)n1. The molecule has 6 heteroatoms. The number of carbonyl (C=O) groups is 1. The molecule has 0 bridgehead atoms. The Morgan fingerprint density at radius 1 is 1.24 bits per heavy atom. The average molecular weight is 337 g/mol. The maximum atomic E-state index is 10.6.